The highest BCUT2D eigenvalue weighted by atomic mass is 15.3. The number of nitrogens with zero attached hydrogens (tertiary/aromatic N) is 4. The molecule has 1 aromatic heterocycles. The Morgan fingerprint density at radius 1 is 1.43 bits per heavy atom. The lowest BCUT2D eigenvalue weighted by molar-refractivity contribution is 0.312. The third-order valence-corrected chi connectivity index (χ3v) is 2.34. The molecule has 2 N–H and O–H groups in total. The minimum absolute atomic E-state index is 0.738. The van der Waals surface area contributed by atoms with Crippen LogP contribution in [0.3, 0.4) is 0 Å². The maximum Gasteiger partial charge on any atom is 0.146 e. The minimum Gasteiger partial charge on any atom is -0.330 e. The summed E-state index contributed by atoms with van der Waals surface area (Å²) < 4.78 is 2.01. The maximum atomic E-state index is 5.44. The van der Waals surface area contributed by atoms with E-state index in [1.807, 2.05) is 18.5 Å². The Morgan fingerprint density at radius 2 is 2.14 bits per heavy atom. The molecule has 14 heavy (non-hydrogen) atoms. The Labute approximate surface area is 84.9 Å². The largest absolute Gasteiger partial charge is 0.330 e. The molecule has 0 atom stereocenters. The summed E-state index contributed by atoms with van der Waals surface area (Å²) in [5.41, 5.74) is 5.44. The summed E-state index contributed by atoms with van der Waals surface area (Å²) in [6, 6.07) is 0. The highest BCUT2D eigenvalue weighted by Gasteiger charge is 2.07. The lowest BCUT2D eigenvalue weighted by atomic mass is 10.4. The van der Waals surface area contributed by atoms with Crippen molar-refractivity contribution in [3.05, 3.63) is 11.6 Å². The molecule has 0 spiro atoms. The molecule has 0 unspecified atom stereocenters. The number of aromatic nitrogens is 3. The number of rotatable bonds is 5. The Bertz CT molecular complexity index is 281. The van der Waals surface area contributed by atoms with Crippen LogP contribution < -0.4 is 5.73 Å². The first-order chi connectivity index (χ1) is 6.65. The SMILES string of the molecule is Cc1nnc(CN(C)CCCN)n1C. The fourth-order valence-corrected chi connectivity index (χ4v) is 1.27. The van der Waals surface area contributed by atoms with Gasteiger partial charge in [-0.25, -0.2) is 0 Å². The number of aryl methyl sites for hydroxylation is 1. The summed E-state index contributed by atoms with van der Waals surface area (Å²) >= 11 is 0. The van der Waals surface area contributed by atoms with E-state index in [9.17, 15) is 0 Å². The number of hydrogen-bond acceptors (Lipinski definition) is 4. The van der Waals surface area contributed by atoms with Crippen molar-refractivity contribution < 1.29 is 0 Å². The molecule has 0 aliphatic rings. The first-order valence-electron chi connectivity index (χ1n) is 4.88. The molecule has 5 heteroatoms. The number of hydrogen-bond donors (Lipinski definition) is 1. The second-order valence-corrected chi connectivity index (χ2v) is 3.60. The molecular weight excluding hydrogens is 178 g/mol. The van der Waals surface area contributed by atoms with Gasteiger partial charge < -0.3 is 10.3 Å². The fraction of sp³-hybridized carbons (Fsp3) is 0.778. The average Bonchev–Trinajstić information content (AvgIpc) is 2.46. The van der Waals surface area contributed by atoms with Crippen LogP contribution >= 0.6 is 0 Å². The highest BCUT2D eigenvalue weighted by molar-refractivity contribution is 4.91. The van der Waals surface area contributed by atoms with E-state index in [1.54, 1.807) is 0 Å². The van der Waals surface area contributed by atoms with Gasteiger partial charge in [0.2, 0.25) is 0 Å². The van der Waals surface area contributed by atoms with Crippen LogP contribution in [0, 0.1) is 6.92 Å². The average molecular weight is 197 g/mol. The summed E-state index contributed by atoms with van der Waals surface area (Å²) in [5, 5.41) is 8.11. The summed E-state index contributed by atoms with van der Waals surface area (Å²) in [6.07, 6.45) is 1.02. The smallest absolute Gasteiger partial charge is 0.146 e. The topological polar surface area (TPSA) is 60.0 Å². The second kappa shape index (κ2) is 5.07. The van der Waals surface area contributed by atoms with Crippen LogP contribution in [0.4, 0.5) is 0 Å². The quantitative estimate of drug-likeness (QED) is 0.716. The molecule has 0 radical (unpaired) electrons. The van der Waals surface area contributed by atoms with Gasteiger partial charge in [0.15, 0.2) is 0 Å². The molecule has 0 amide bonds. The Balaban J connectivity index is 2.47. The monoisotopic (exact) mass is 197 g/mol. The zero-order valence-electron chi connectivity index (χ0n) is 9.19. The predicted molar refractivity (Wildman–Crippen MR) is 55.7 cm³/mol. The van der Waals surface area contributed by atoms with Gasteiger partial charge in [-0.2, -0.15) is 0 Å². The van der Waals surface area contributed by atoms with Crippen LogP contribution in [-0.2, 0) is 13.6 Å². The van der Waals surface area contributed by atoms with E-state index < -0.39 is 0 Å². The van der Waals surface area contributed by atoms with Gasteiger partial charge in [0.1, 0.15) is 11.6 Å². The molecule has 0 saturated carbocycles. The van der Waals surface area contributed by atoms with E-state index in [4.69, 9.17) is 5.73 Å². The first kappa shape index (κ1) is 11.1. The molecule has 5 nitrogen and oxygen atoms in total. The van der Waals surface area contributed by atoms with Gasteiger partial charge in [0, 0.05) is 7.05 Å². The van der Waals surface area contributed by atoms with Gasteiger partial charge in [-0.05, 0) is 33.5 Å². The van der Waals surface area contributed by atoms with Gasteiger partial charge in [-0.1, -0.05) is 0 Å². The molecule has 0 aliphatic heterocycles. The summed E-state index contributed by atoms with van der Waals surface area (Å²) in [7, 11) is 4.06. The first-order valence-corrected chi connectivity index (χ1v) is 4.88. The van der Waals surface area contributed by atoms with E-state index in [1.165, 1.54) is 0 Å². The zero-order valence-corrected chi connectivity index (χ0v) is 9.19. The van der Waals surface area contributed by atoms with E-state index in [0.29, 0.717) is 0 Å². The molecule has 1 heterocycles. The van der Waals surface area contributed by atoms with E-state index >= 15 is 0 Å². The third-order valence-electron chi connectivity index (χ3n) is 2.34. The lowest BCUT2D eigenvalue weighted by Crippen LogP contribution is -2.23. The van der Waals surface area contributed by atoms with Crippen molar-refractivity contribution >= 4 is 0 Å². The molecular formula is C9H19N5. The van der Waals surface area contributed by atoms with Crippen LogP contribution in [0.5, 0.6) is 0 Å². The van der Waals surface area contributed by atoms with Gasteiger partial charge in [0.25, 0.3) is 0 Å². The Morgan fingerprint density at radius 3 is 2.64 bits per heavy atom. The second-order valence-electron chi connectivity index (χ2n) is 3.60. The fourth-order valence-electron chi connectivity index (χ4n) is 1.27. The molecule has 80 valence electrons. The van der Waals surface area contributed by atoms with Gasteiger partial charge in [0.05, 0.1) is 6.54 Å². The number of nitrogens with two attached hydrogens (primary N) is 1. The van der Waals surface area contributed by atoms with Crippen LogP contribution in [0.15, 0.2) is 0 Å². The van der Waals surface area contributed by atoms with Crippen molar-refractivity contribution in [3.8, 4) is 0 Å². The third kappa shape index (κ3) is 2.78. The van der Waals surface area contributed by atoms with Crippen molar-refractivity contribution in [2.75, 3.05) is 20.1 Å². The van der Waals surface area contributed by atoms with E-state index in [0.717, 1.165) is 37.7 Å². The highest BCUT2D eigenvalue weighted by Crippen LogP contribution is 2.01. The summed E-state index contributed by atoms with van der Waals surface area (Å²) in [5.74, 6) is 1.95. The van der Waals surface area contributed by atoms with Crippen LogP contribution in [0.1, 0.15) is 18.1 Å². The molecule has 1 rings (SSSR count). The van der Waals surface area contributed by atoms with E-state index in [2.05, 4.69) is 22.1 Å². The predicted octanol–water partition coefficient (Wildman–Crippen LogP) is -0.0959. The van der Waals surface area contributed by atoms with Crippen LogP contribution in [-0.4, -0.2) is 39.8 Å². The molecule has 0 bridgehead atoms. The van der Waals surface area contributed by atoms with Crippen molar-refractivity contribution in [1.82, 2.24) is 19.7 Å². The van der Waals surface area contributed by atoms with Crippen LogP contribution in [0.25, 0.3) is 0 Å². The molecule has 0 saturated heterocycles. The Kier molecular flexibility index (Phi) is 4.03. The van der Waals surface area contributed by atoms with E-state index in [-0.39, 0.29) is 0 Å². The van der Waals surface area contributed by atoms with Gasteiger partial charge in [-0.15, -0.1) is 10.2 Å². The normalized spacial score (nSPS) is 11.2. The zero-order chi connectivity index (χ0) is 10.6. The minimum atomic E-state index is 0.738. The van der Waals surface area contributed by atoms with Crippen molar-refractivity contribution in [3.63, 3.8) is 0 Å². The van der Waals surface area contributed by atoms with Crippen LogP contribution in [0.2, 0.25) is 0 Å². The standard InChI is InChI=1S/C9H19N5/c1-8-11-12-9(14(8)3)7-13(2)6-4-5-10/h4-7,10H2,1-3H3. The Hall–Kier alpha value is -0.940. The summed E-state index contributed by atoms with van der Waals surface area (Å²) in [4.78, 5) is 2.20. The molecule has 0 aliphatic carbocycles. The van der Waals surface area contributed by atoms with Gasteiger partial charge in [-0.3, -0.25) is 4.90 Å². The van der Waals surface area contributed by atoms with Gasteiger partial charge >= 0.3 is 0 Å². The molecule has 1 aromatic rings. The van der Waals surface area contributed by atoms with Crippen molar-refractivity contribution in [1.29, 1.82) is 0 Å². The maximum absolute atomic E-state index is 5.44. The van der Waals surface area contributed by atoms with Crippen molar-refractivity contribution in [2.45, 2.75) is 19.9 Å². The summed E-state index contributed by atoms with van der Waals surface area (Å²) in [6.45, 7) is 4.53. The molecule has 0 fully saturated rings. The molecule has 0 aromatic carbocycles. The lowest BCUT2D eigenvalue weighted by Gasteiger charge is -2.14. The van der Waals surface area contributed by atoms with Crippen molar-refractivity contribution in [2.24, 2.45) is 12.8 Å².